The van der Waals surface area contributed by atoms with Crippen molar-refractivity contribution >= 4 is 17.2 Å². The lowest BCUT2D eigenvalue weighted by atomic mass is 10.2. The maximum Gasteiger partial charge on any atom is 0.258 e. The molecular weight excluding hydrogens is 360 g/mol. The van der Waals surface area contributed by atoms with Gasteiger partial charge in [0.25, 0.3) is 5.91 Å². The van der Waals surface area contributed by atoms with E-state index in [1.54, 1.807) is 23.5 Å². The molecular formula is C21H22N2O3S. The minimum absolute atomic E-state index is 0.0304. The zero-order chi connectivity index (χ0) is 19.1. The Labute approximate surface area is 163 Å². The summed E-state index contributed by atoms with van der Waals surface area (Å²) in [7, 11) is 0. The highest BCUT2D eigenvalue weighted by molar-refractivity contribution is 7.15. The van der Waals surface area contributed by atoms with Gasteiger partial charge in [0.2, 0.25) is 0 Å². The Morgan fingerprint density at radius 1 is 1.04 bits per heavy atom. The normalized spacial score (nSPS) is 10.4. The van der Waals surface area contributed by atoms with E-state index in [0.29, 0.717) is 18.9 Å². The number of carbonyl (C=O) groups excluding carboxylic acids is 1. The Balaban J connectivity index is 1.50. The Hall–Kier alpha value is -2.86. The molecule has 1 amide bonds. The van der Waals surface area contributed by atoms with Gasteiger partial charge in [-0.05, 0) is 38.1 Å². The maximum absolute atomic E-state index is 12.1. The third-order valence-electron chi connectivity index (χ3n) is 3.86. The average Bonchev–Trinajstić information content (AvgIpc) is 3.07. The number of ether oxygens (including phenoxy) is 2. The number of nitrogens with zero attached hydrogens (tertiary/aromatic N) is 1. The fourth-order valence-corrected chi connectivity index (χ4v) is 3.48. The third-order valence-corrected chi connectivity index (χ3v) is 5.07. The largest absolute Gasteiger partial charge is 0.494 e. The zero-order valence-corrected chi connectivity index (χ0v) is 16.2. The van der Waals surface area contributed by atoms with E-state index < -0.39 is 0 Å². The predicted octanol–water partition coefficient (Wildman–Crippen LogP) is 4.21. The fourth-order valence-electron chi connectivity index (χ4n) is 2.47. The SMILES string of the molecule is CCOc1ccc(OCC(=O)NCc2sc(-c3ccccc3)nc2C)cc1. The number of thiazole rings is 1. The highest BCUT2D eigenvalue weighted by Gasteiger charge is 2.11. The van der Waals surface area contributed by atoms with Gasteiger partial charge in [-0.3, -0.25) is 4.79 Å². The molecule has 140 valence electrons. The molecule has 0 bridgehead atoms. The number of aryl methyl sites for hydroxylation is 1. The monoisotopic (exact) mass is 382 g/mol. The van der Waals surface area contributed by atoms with E-state index in [1.807, 2.05) is 56.3 Å². The van der Waals surface area contributed by atoms with E-state index in [-0.39, 0.29) is 12.5 Å². The second-order valence-electron chi connectivity index (χ2n) is 5.86. The highest BCUT2D eigenvalue weighted by atomic mass is 32.1. The molecule has 3 rings (SSSR count). The molecule has 0 aliphatic heterocycles. The highest BCUT2D eigenvalue weighted by Crippen LogP contribution is 2.27. The Kier molecular flexibility index (Phi) is 6.44. The topological polar surface area (TPSA) is 60.5 Å². The van der Waals surface area contributed by atoms with E-state index in [9.17, 15) is 4.79 Å². The van der Waals surface area contributed by atoms with Crippen LogP contribution in [0.2, 0.25) is 0 Å². The van der Waals surface area contributed by atoms with Gasteiger partial charge < -0.3 is 14.8 Å². The molecule has 0 atom stereocenters. The van der Waals surface area contributed by atoms with Gasteiger partial charge in [-0.25, -0.2) is 4.98 Å². The van der Waals surface area contributed by atoms with Crippen molar-refractivity contribution in [3.8, 4) is 22.1 Å². The number of rotatable bonds is 8. The molecule has 0 spiro atoms. The van der Waals surface area contributed by atoms with E-state index >= 15 is 0 Å². The average molecular weight is 382 g/mol. The lowest BCUT2D eigenvalue weighted by molar-refractivity contribution is -0.123. The molecule has 2 aromatic carbocycles. The van der Waals surface area contributed by atoms with Gasteiger partial charge in [0, 0.05) is 10.4 Å². The van der Waals surface area contributed by atoms with Gasteiger partial charge in [0.1, 0.15) is 16.5 Å². The molecule has 1 heterocycles. The lowest BCUT2D eigenvalue weighted by Crippen LogP contribution is -2.28. The molecule has 0 unspecified atom stereocenters. The van der Waals surface area contributed by atoms with Crippen molar-refractivity contribution < 1.29 is 14.3 Å². The van der Waals surface area contributed by atoms with E-state index in [2.05, 4.69) is 10.3 Å². The summed E-state index contributed by atoms with van der Waals surface area (Å²) in [6, 6.07) is 17.3. The van der Waals surface area contributed by atoms with Crippen molar-refractivity contribution in [1.82, 2.24) is 10.3 Å². The second-order valence-corrected chi connectivity index (χ2v) is 6.95. The number of hydrogen-bond donors (Lipinski definition) is 1. The van der Waals surface area contributed by atoms with E-state index in [0.717, 1.165) is 26.9 Å². The summed E-state index contributed by atoms with van der Waals surface area (Å²) < 4.78 is 10.9. The molecule has 5 nitrogen and oxygen atoms in total. The van der Waals surface area contributed by atoms with Gasteiger partial charge >= 0.3 is 0 Å². The minimum Gasteiger partial charge on any atom is -0.494 e. The van der Waals surface area contributed by atoms with E-state index in [4.69, 9.17) is 9.47 Å². The van der Waals surface area contributed by atoms with Crippen molar-refractivity contribution in [1.29, 1.82) is 0 Å². The maximum atomic E-state index is 12.1. The summed E-state index contributed by atoms with van der Waals surface area (Å²) >= 11 is 1.59. The first kappa shape index (κ1) is 18.9. The van der Waals surface area contributed by atoms with Crippen LogP contribution in [0.1, 0.15) is 17.5 Å². The summed E-state index contributed by atoms with van der Waals surface area (Å²) in [5.41, 5.74) is 2.02. The summed E-state index contributed by atoms with van der Waals surface area (Å²) in [5, 5.41) is 3.85. The Morgan fingerprint density at radius 2 is 1.70 bits per heavy atom. The zero-order valence-electron chi connectivity index (χ0n) is 15.4. The molecule has 0 saturated heterocycles. The first-order valence-electron chi connectivity index (χ1n) is 8.80. The molecule has 3 aromatic rings. The van der Waals surface area contributed by atoms with Crippen LogP contribution in [0.3, 0.4) is 0 Å². The number of hydrogen-bond acceptors (Lipinski definition) is 5. The molecule has 1 aromatic heterocycles. The van der Waals surface area contributed by atoms with Crippen LogP contribution >= 0.6 is 11.3 Å². The third kappa shape index (κ3) is 5.31. The van der Waals surface area contributed by atoms with Gasteiger partial charge in [0.05, 0.1) is 18.8 Å². The van der Waals surface area contributed by atoms with Crippen LogP contribution in [-0.2, 0) is 11.3 Å². The quantitative estimate of drug-likeness (QED) is 0.634. The standard InChI is InChI=1S/C21H22N2O3S/c1-3-25-17-9-11-18(12-10-17)26-14-20(24)22-13-19-15(2)23-21(27-19)16-7-5-4-6-8-16/h4-12H,3,13-14H2,1-2H3,(H,22,24). The summed E-state index contributed by atoms with van der Waals surface area (Å²) in [6.07, 6.45) is 0. The van der Waals surface area contributed by atoms with Crippen LogP contribution in [0.25, 0.3) is 10.6 Å². The summed E-state index contributed by atoms with van der Waals surface area (Å²) in [4.78, 5) is 17.7. The molecule has 0 aliphatic carbocycles. The van der Waals surface area contributed by atoms with E-state index in [1.165, 1.54) is 0 Å². The van der Waals surface area contributed by atoms with Crippen molar-refractivity contribution in [3.63, 3.8) is 0 Å². The lowest BCUT2D eigenvalue weighted by Gasteiger charge is -2.08. The van der Waals surface area contributed by atoms with Crippen LogP contribution in [0, 0.1) is 6.92 Å². The fraction of sp³-hybridized carbons (Fsp3) is 0.238. The molecule has 6 heteroatoms. The number of carbonyl (C=O) groups is 1. The summed E-state index contributed by atoms with van der Waals surface area (Å²) in [5.74, 6) is 1.25. The van der Waals surface area contributed by atoms with Crippen molar-refractivity contribution in [2.45, 2.75) is 20.4 Å². The molecule has 1 N–H and O–H groups in total. The van der Waals surface area contributed by atoms with Crippen LogP contribution in [-0.4, -0.2) is 24.1 Å². The molecule has 0 fully saturated rings. The van der Waals surface area contributed by atoms with Crippen LogP contribution in [0.5, 0.6) is 11.5 Å². The first-order valence-corrected chi connectivity index (χ1v) is 9.61. The molecule has 0 radical (unpaired) electrons. The Morgan fingerprint density at radius 3 is 2.37 bits per heavy atom. The van der Waals surface area contributed by atoms with Crippen LogP contribution in [0.15, 0.2) is 54.6 Å². The molecule has 0 aliphatic rings. The summed E-state index contributed by atoms with van der Waals surface area (Å²) in [6.45, 7) is 4.92. The van der Waals surface area contributed by atoms with Gasteiger partial charge in [-0.1, -0.05) is 30.3 Å². The van der Waals surface area contributed by atoms with Crippen LogP contribution in [0.4, 0.5) is 0 Å². The van der Waals surface area contributed by atoms with Crippen LogP contribution < -0.4 is 14.8 Å². The van der Waals surface area contributed by atoms with Crippen molar-refractivity contribution in [3.05, 3.63) is 65.2 Å². The van der Waals surface area contributed by atoms with Gasteiger partial charge in [-0.2, -0.15) is 0 Å². The number of aromatic nitrogens is 1. The van der Waals surface area contributed by atoms with Gasteiger partial charge in [0.15, 0.2) is 6.61 Å². The number of amides is 1. The van der Waals surface area contributed by atoms with Crippen molar-refractivity contribution in [2.75, 3.05) is 13.2 Å². The second kappa shape index (κ2) is 9.19. The molecule has 27 heavy (non-hydrogen) atoms. The molecule has 0 saturated carbocycles. The Bertz CT molecular complexity index is 876. The minimum atomic E-state index is -0.169. The van der Waals surface area contributed by atoms with Crippen molar-refractivity contribution in [2.24, 2.45) is 0 Å². The first-order chi connectivity index (χ1) is 13.2. The predicted molar refractivity (Wildman–Crippen MR) is 107 cm³/mol. The van der Waals surface area contributed by atoms with Gasteiger partial charge in [-0.15, -0.1) is 11.3 Å². The smallest absolute Gasteiger partial charge is 0.258 e. The number of benzene rings is 2. The number of nitrogens with one attached hydrogen (secondary N) is 1.